The summed E-state index contributed by atoms with van der Waals surface area (Å²) in [6.45, 7) is 3.36. The molecule has 170 valence electrons. The molecule has 1 saturated heterocycles. The summed E-state index contributed by atoms with van der Waals surface area (Å²) in [6, 6.07) is 10.2. The molecule has 32 heavy (non-hydrogen) atoms. The lowest BCUT2D eigenvalue weighted by atomic mass is 10.2. The van der Waals surface area contributed by atoms with Crippen molar-refractivity contribution in [3.05, 3.63) is 48.4 Å². The lowest BCUT2D eigenvalue weighted by Crippen LogP contribution is -2.40. The molecule has 2 N–H and O–H groups in total. The molecule has 4 rings (SSSR count). The summed E-state index contributed by atoms with van der Waals surface area (Å²) in [5, 5.41) is 8.47. The zero-order valence-corrected chi connectivity index (χ0v) is 19.0. The van der Waals surface area contributed by atoms with Gasteiger partial charge in [-0.15, -0.1) is 10.2 Å². The number of furan rings is 1. The number of ether oxygens (including phenoxy) is 1. The van der Waals surface area contributed by atoms with Gasteiger partial charge in [-0.1, -0.05) is 23.9 Å². The van der Waals surface area contributed by atoms with E-state index in [2.05, 4.69) is 10.2 Å². The minimum atomic E-state index is -3.67. The smallest absolute Gasteiger partial charge is 0.243 e. The first-order valence-corrected chi connectivity index (χ1v) is 12.3. The number of carbonyl (C=O) groups excluding carboxylic acids is 1. The average Bonchev–Trinajstić information content (AvgIpc) is 3.45. The molecule has 1 aromatic carbocycles. The SMILES string of the molecule is CC(Sc1nnc(-c2cccc(S(=O)(=O)N3CCOCC3)c2)n1Cc1ccco1)C(N)=O. The molecule has 12 heteroatoms. The summed E-state index contributed by atoms with van der Waals surface area (Å²) in [6.07, 6.45) is 1.56. The number of thioether (sulfide) groups is 1. The maximum atomic E-state index is 13.1. The van der Waals surface area contributed by atoms with Crippen LogP contribution in [0.15, 0.2) is 57.1 Å². The van der Waals surface area contributed by atoms with Crippen molar-refractivity contribution in [3.63, 3.8) is 0 Å². The van der Waals surface area contributed by atoms with Crippen LogP contribution in [0.1, 0.15) is 12.7 Å². The Morgan fingerprint density at radius 1 is 1.22 bits per heavy atom. The van der Waals surface area contributed by atoms with E-state index in [9.17, 15) is 13.2 Å². The number of sulfonamides is 1. The molecule has 3 heterocycles. The second-order valence-corrected chi connectivity index (χ2v) is 10.4. The molecule has 10 nitrogen and oxygen atoms in total. The Kier molecular flexibility index (Phi) is 6.65. The number of hydrogen-bond donors (Lipinski definition) is 1. The molecule has 1 fully saturated rings. The fourth-order valence-electron chi connectivity index (χ4n) is 3.24. The fourth-order valence-corrected chi connectivity index (χ4v) is 5.49. The summed E-state index contributed by atoms with van der Waals surface area (Å²) < 4.78 is 40.1. The summed E-state index contributed by atoms with van der Waals surface area (Å²) in [5.74, 6) is 0.652. The summed E-state index contributed by atoms with van der Waals surface area (Å²) in [4.78, 5) is 11.7. The highest BCUT2D eigenvalue weighted by molar-refractivity contribution is 8.00. The van der Waals surface area contributed by atoms with Crippen LogP contribution >= 0.6 is 11.8 Å². The molecule has 1 aliphatic rings. The Labute approximate surface area is 189 Å². The van der Waals surface area contributed by atoms with E-state index in [1.165, 1.54) is 16.1 Å². The number of primary amides is 1. The third kappa shape index (κ3) is 4.72. The topological polar surface area (TPSA) is 134 Å². The van der Waals surface area contributed by atoms with Gasteiger partial charge in [0, 0.05) is 18.7 Å². The molecule has 1 atom stereocenters. The normalized spacial score (nSPS) is 16.2. The Balaban J connectivity index is 1.72. The van der Waals surface area contributed by atoms with Gasteiger partial charge in [-0.05, 0) is 31.2 Å². The second-order valence-electron chi connectivity index (χ2n) is 7.18. The van der Waals surface area contributed by atoms with Crippen molar-refractivity contribution < 1.29 is 22.4 Å². The van der Waals surface area contributed by atoms with Crippen LogP contribution in [0, 0.1) is 0 Å². The lowest BCUT2D eigenvalue weighted by molar-refractivity contribution is -0.117. The van der Waals surface area contributed by atoms with Gasteiger partial charge in [0.25, 0.3) is 0 Å². The van der Waals surface area contributed by atoms with E-state index in [0.29, 0.717) is 55.2 Å². The van der Waals surface area contributed by atoms with Crippen LogP contribution < -0.4 is 5.73 Å². The van der Waals surface area contributed by atoms with Gasteiger partial charge in [0.05, 0.1) is 36.2 Å². The Morgan fingerprint density at radius 3 is 2.69 bits per heavy atom. The molecule has 1 amide bonds. The number of nitrogens with zero attached hydrogens (tertiary/aromatic N) is 4. The molecule has 0 aliphatic carbocycles. The third-order valence-electron chi connectivity index (χ3n) is 4.99. The maximum absolute atomic E-state index is 13.1. The maximum Gasteiger partial charge on any atom is 0.243 e. The minimum absolute atomic E-state index is 0.171. The van der Waals surface area contributed by atoms with Crippen LogP contribution in [0.4, 0.5) is 0 Å². The van der Waals surface area contributed by atoms with Crippen LogP contribution in [0.25, 0.3) is 11.4 Å². The number of carbonyl (C=O) groups is 1. The number of benzene rings is 1. The Morgan fingerprint density at radius 2 is 2.00 bits per heavy atom. The van der Waals surface area contributed by atoms with E-state index in [0.717, 1.165) is 0 Å². The van der Waals surface area contributed by atoms with Gasteiger partial charge in [0.2, 0.25) is 15.9 Å². The Hall–Kier alpha value is -2.67. The molecule has 0 radical (unpaired) electrons. The second kappa shape index (κ2) is 9.45. The van der Waals surface area contributed by atoms with E-state index < -0.39 is 21.2 Å². The van der Waals surface area contributed by atoms with E-state index >= 15 is 0 Å². The standard InChI is InChI=1S/C20H23N5O5S2/c1-14(18(21)26)31-20-23-22-19(25(20)13-16-5-3-9-30-16)15-4-2-6-17(12-15)32(27,28)24-7-10-29-11-8-24/h2-6,9,12,14H,7-8,10-11,13H2,1H3,(H2,21,26). The van der Waals surface area contributed by atoms with Crippen LogP contribution in [0.5, 0.6) is 0 Å². The van der Waals surface area contributed by atoms with Crippen molar-refractivity contribution in [1.82, 2.24) is 19.1 Å². The van der Waals surface area contributed by atoms with E-state index in [-0.39, 0.29) is 4.90 Å². The number of amides is 1. The molecule has 1 unspecified atom stereocenters. The quantitative estimate of drug-likeness (QED) is 0.483. The first-order chi connectivity index (χ1) is 15.4. The van der Waals surface area contributed by atoms with Gasteiger partial charge < -0.3 is 14.9 Å². The average molecular weight is 478 g/mol. The van der Waals surface area contributed by atoms with E-state index in [1.54, 1.807) is 48.1 Å². The third-order valence-corrected chi connectivity index (χ3v) is 7.99. The van der Waals surface area contributed by atoms with Crippen molar-refractivity contribution in [2.24, 2.45) is 5.73 Å². The molecule has 2 aromatic heterocycles. The highest BCUT2D eigenvalue weighted by Gasteiger charge is 2.27. The van der Waals surface area contributed by atoms with Crippen molar-refractivity contribution in [2.75, 3.05) is 26.3 Å². The fraction of sp³-hybridized carbons (Fsp3) is 0.350. The Bertz CT molecular complexity index is 1190. The van der Waals surface area contributed by atoms with Gasteiger partial charge >= 0.3 is 0 Å². The first-order valence-electron chi connectivity index (χ1n) is 9.96. The monoisotopic (exact) mass is 477 g/mol. The molecular weight excluding hydrogens is 454 g/mol. The van der Waals surface area contributed by atoms with Crippen molar-refractivity contribution in [2.45, 2.75) is 28.8 Å². The van der Waals surface area contributed by atoms with Crippen LogP contribution in [-0.4, -0.2) is 64.9 Å². The number of rotatable bonds is 8. The van der Waals surface area contributed by atoms with E-state index in [1.807, 2.05) is 6.07 Å². The number of aromatic nitrogens is 3. The highest BCUT2D eigenvalue weighted by atomic mass is 32.2. The molecule has 1 aliphatic heterocycles. The minimum Gasteiger partial charge on any atom is -0.467 e. The predicted molar refractivity (Wildman–Crippen MR) is 117 cm³/mol. The summed E-state index contributed by atoms with van der Waals surface area (Å²) in [7, 11) is -3.67. The molecule has 0 saturated carbocycles. The molecular formula is C20H23N5O5S2. The highest BCUT2D eigenvalue weighted by Crippen LogP contribution is 2.29. The number of morpholine rings is 1. The largest absolute Gasteiger partial charge is 0.467 e. The predicted octanol–water partition coefficient (Wildman–Crippen LogP) is 1.57. The number of nitrogens with two attached hydrogens (primary N) is 1. The van der Waals surface area contributed by atoms with E-state index in [4.69, 9.17) is 14.9 Å². The molecule has 0 spiro atoms. The van der Waals surface area contributed by atoms with Gasteiger partial charge in [-0.3, -0.25) is 9.36 Å². The van der Waals surface area contributed by atoms with Crippen molar-refractivity contribution in [3.8, 4) is 11.4 Å². The molecule has 3 aromatic rings. The van der Waals surface area contributed by atoms with Gasteiger partial charge in [0.15, 0.2) is 11.0 Å². The summed E-state index contributed by atoms with van der Waals surface area (Å²) >= 11 is 1.18. The zero-order valence-electron chi connectivity index (χ0n) is 17.4. The summed E-state index contributed by atoms with van der Waals surface area (Å²) in [5.41, 5.74) is 5.99. The molecule has 0 bridgehead atoms. The van der Waals surface area contributed by atoms with Crippen molar-refractivity contribution in [1.29, 1.82) is 0 Å². The van der Waals surface area contributed by atoms with Gasteiger partial charge in [-0.25, -0.2) is 8.42 Å². The van der Waals surface area contributed by atoms with Crippen LogP contribution in [0.3, 0.4) is 0 Å². The lowest BCUT2D eigenvalue weighted by Gasteiger charge is -2.26. The van der Waals surface area contributed by atoms with Crippen LogP contribution in [0.2, 0.25) is 0 Å². The van der Waals surface area contributed by atoms with Gasteiger partial charge in [-0.2, -0.15) is 4.31 Å². The van der Waals surface area contributed by atoms with Gasteiger partial charge in [0.1, 0.15) is 5.76 Å². The van der Waals surface area contributed by atoms with Crippen molar-refractivity contribution >= 4 is 27.7 Å². The number of hydrogen-bond acceptors (Lipinski definition) is 8. The van der Waals surface area contributed by atoms with Crippen LogP contribution in [-0.2, 0) is 26.1 Å². The zero-order chi connectivity index (χ0) is 22.7. The first kappa shape index (κ1) is 22.5.